The Morgan fingerprint density at radius 2 is 1.68 bits per heavy atom. The molecule has 0 aromatic heterocycles. The van der Waals surface area contributed by atoms with Crippen molar-refractivity contribution < 1.29 is 9.53 Å². The zero-order valence-corrected chi connectivity index (χ0v) is 11.3. The highest BCUT2D eigenvalue weighted by Crippen LogP contribution is 2.22. The van der Waals surface area contributed by atoms with Crippen molar-refractivity contribution in [1.82, 2.24) is 0 Å². The van der Waals surface area contributed by atoms with Gasteiger partial charge in [0.1, 0.15) is 0 Å². The smallest absolute Gasteiger partial charge is 0.172 e. The summed E-state index contributed by atoms with van der Waals surface area (Å²) in [6.07, 6.45) is 0. The van der Waals surface area contributed by atoms with E-state index in [9.17, 15) is 4.79 Å². The monoisotopic (exact) mass is 254 g/mol. The van der Waals surface area contributed by atoms with Gasteiger partial charge in [-0.25, -0.2) is 0 Å². The molecule has 19 heavy (non-hydrogen) atoms. The molecular weight excluding hydrogens is 236 g/mol. The number of aryl methyl sites for hydroxylation is 1. The summed E-state index contributed by atoms with van der Waals surface area (Å²) in [6, 6.07) is 17.4. The lowest BCUT2D eigenvalue weighted by Crippen LogP contribution is -2.18. The van der Waals surface area contributed by atoms with Gasteiger partial charge < -0.3 is 4.74 Å². The first kappa shape index (κ1) is 13.5. The molecule has 0 radical (unpaired) electrons. The molecule has 0 saturated heterocycles. The first-order valence-corrected chi connectivity index (χ1v) is 6.37. The summed E-state index contributed by atoms with van der Waals surface area (Å²) in [5.74, 6) is -0.140. The maximum Gasteiger partial charge on any atom is 0.172 e. The van der Waals surface area contributed by atoms with Crippen LogP contribution in [0.4, 0.5) is 0 Å². The molecule has 0 aliphatic carbocycles. The quantitative estimate of drug-likeness (QED) is 0.762. The number of rotatable bonds is 5. The molecule has 2 nitrogen and oxygen atoms in total. The van der Waals surface area contributed by atoms with E-state index in [0.29, 0.717) is 6.61 Å². The number of Topliss-reactive ketones (excluding diaryl/α,β-unsaturated/α-hetero) is 1. The maximum absolute atomic E-state index is 12.5. The number of carbonyl (C=O) groups excluding carboxylic acids is 1. The van der Waals surface area contributed by atoms with E-state index in [-0.39, 0.29) is 11.7 Å². The van der Waals surface area contributed by atoms with E-state index in [1.54, 1.807) is 7.11 Å². The van der Waals surface area contributed by atoms with Gasteiger partial charge >= 0.3 is 0 Å². The molecule has 2 heteroatoms. The van der Waals surface area contributed by atoms with Crippen LogP contribution in [0, 0.1) is 6.92 Å². The fraction of sp³-hybridized carbons (Fsp3) is 0.235. The third-order valence-corrected chi connectivity index (χ3v) is 3.19. The van der Waals surface area contributed by atoms with Gasteiger partial charge in [-0.15, -0.1) is 0 Å². The Morgan fingerprint density at radius 3 is 2.26 bits per heavy atom. The Morgan fingerprint density at radius 1 is 1.05 bits per heavy atom. The second-order valence-corrected chi connectivity index (χ2v) is 4.65. The molecule has 0 fully saturated rings. The fourth-order valence-electron chi connectivity index (χ4n) is 2.09. The SMILES string of the molecule is COCC(C(=O)c1ccccc1)c1ccc(C)cc1. The minimum atomic E-state index is -0.243. The van der Waals surface area contributed by atoms with E-state index in [1.807, 2.05) is 61.5 Å². The normalized spacial score (nSPS) is 12.1. The summed E-state index contributed by atoms with van der Waals surface area (Å²) < 4.78 is 5.21. The van der Waals surface area contributed by atoms with E-state index in [2.05, 4.69) is 0 Å². The predicted molar refractivity (Wildman–Crippen MR) is 76.6 cm³/mol. The van der Waals surface area contributed by atoms with Gasteiger partial charge in [0, 0.05) is 12.7 Å². The molecular formula is C17H18O2. The largest absolute Gasteiger partial charge is 0.384 e. The van der Waals surface area contributed by atoms with Gasteiger partial charge in [0.25, 0.3) is 0 Å². The maximum atomic E-state index is 12.5. The summed E-state index contributed by atoms with van der Waals surface area (Å²) in [5.41, 5.74) is 2.92. The van der Waals surface area contributed by atoms with Crippen LogP contribution < -0.4 is 0 Å². The minimum absolute atomic E-state index is 0.103. The number of benzene rings is 2. The number of ether oxygens (including phenoxy) is 1. The lowest BCUT2D eigenvalue weighted by atomic mass is 9.91. The average molecular weight is 254 g/mol. The molecule has 1 atom stereocenters. The van der Waals surface area contributed by atoms with Crippen molar-refractivity contribution in [3.63, 3.8) is 0 Å². The van der Waals surface area contributed by atoms with E-state index in [0.717, 1.165) is 11.1 Å². The molecule has 0 amide bonds. The van der Waals surface area contributed by atoms with E-state index in [4.69, 9.17) is 4.74 Å². The van der Waals surface area contributed by atoms with Crippen molar-refractivity contribution in [2.24, 2.45) is 0 Å². The van der Waals surface area contributed by atoms with Crippen molar-refractivity contribution in [3.05, 3.63) is 71.3 Å². The van der Waals surface area contributed by atoms with Gasteiger partial charge in [0.15, 0.2) is 5.78 Å². The highest BCUT2D eigenvalue weighted by Gasteiger charge is 2.21. The van der Waals surface area contributed by atoms with Crippen molar-refractivity contribution in [2.75, 3.05) is 13.7 Å². The number of carbonyl (C=O) groups is 1. The molecule has 2 aromatic rings. The Balaban J connectivity index is 2.30. The van der Waals surface area contributed by atoms with Gasteiger partial charge in [-0.3, -0.25) is 4.79 Å². The van der Waals surface area contributed by atoms with Crippen molar-refractivity contribution in [1.29, 1.82) is 0 Å². The molecule has 0 bridgehead atoms. The third-order valence-electron chi connectivity index (χ3n) is 3.19. The van der Waals surface area contributed by atoms with Crippen LogP contribution in [0.5, 0.6) is 0 Å². The molecule has 0 heterocycles. The Bertz CT molecular complexity index is 529. The molecule has 2 rings (SSSR count). The summed E-state index contributed by atoms with van der Waals surface area (Å²) in [4.78, 5) is 12.5. The zero-order chi connectivity index (χ0) is 13.7. The Kier molecular flexibility index (Phi) is 4.48. The third kappa shape index (κ3) is 3.30. The van der Waals surface area contributed by atoms with Crippen LogP contribution in [-0.2, 0) is 4.74 Å². The van der Waals surface area contributed by atoms with E-state index in [1.165, 1.54) is 5.56 Å². The van der Waals surface area contributed by atoms with Gasteiger partial charge in [-0.2, -0.15) is 0 Å². The number of hydrogen-bond donors (Lipinski definition) is 0. The van der Waals surface area contributed by atoms with Gasteiger partial charge in [0.2, 0.25) is 0 Å². The summed E-state index contributed by atoms with van der Waals surface area (Å²) in [5, 5.41) is 0. The van der Waals surface area contributed by atoms with Crippen molar-refractivity contribution in [3.8, 4) is 0 Å². The predicted octanol–water partition coefficient (Wildman–Crippen LogP) is 3.61. The second kappa shape index (κ2) is 6.30. The summed E-state index contributed by atoms with van der Waals surface area (Å²) in [6.45, 7) is 2.44. The molecule has 98 valence electrons. The first-order valence-electron chi connectivity index (χ1n) is 6.37. The van der Waals surface area contributed by atoms with Crippen LogP contribution in [-0.4, -0.2) is 19.5 Å². The summed E-state index contributed by atoms with van der Waals surface area (Å²) in [7, 11) is 1.62. The zero-order valence-electron chi connectivity index (χ0n) is 11.3. The standard InChI is InChI=1S/C17H18O2/c1-13-8-10-14(11-9-13)16(12-19-2)17(18)15-6-4-3-5-7-15/h3-11,16H,12H2,1-2H3. The van der Waals surface area contributed by atoms with Crippen LogP contribution in [0.15, 0.2) is 54.6 Å². The van der Waals surface area contributed by atoms with Crippen molar-refractivity contribution in [2.45, 2.75) is 12.8 Å². The topological polar surface area (TPSA) is 26.3 Å². The molecule has 0 N–H and O–H groups in total. The number of hydrogen-bond acceptors (Lipinski definition) is 2. The molecule has 0 spiro atoms. The van der Waals surface area contributed by atoms with Crippen LogP contribution in [0.25, 0.3) is 0 Å². The average Bonchev–Trinajstić information content (AvgIpc) is 2.46. The Hall–Kier alpha value is -1.93. The molecule has 0 aliphatic rings. The van der Waals surface area contributed by atoms with Gasteiger partial charge in [-0.05, 0) is 12.5 Å². The van der Waals surface area contributed by atoms with E-state index < -0.39 is 0 Å². The fourth-order valence-corrected chi connectivity index (χ4v) is 2.09. The molecule has 2 aromatic carbocycles. The van der Waals surface area contributed by atoms with Gasteiger partial charge in [0.05, 0.1) is 12.5 Å². The molecule has 0 aliphatic heterocycles. The second-order valence-electron chi connectivity index (χ2n) is 4.65. The van der Waals surface area contributed by atoms with Crippen molar-refractivity contribution >= 4 is 5.78 Å². The first-order chi connectivity index (χ1) is 9.22. The van der Waals surface area contributed by atoms with Crippen LogP contribution >= 0.6 is 0 Å². The number of methoxy groups -OCH3 is 1. The van der Waals surface area contributed by atoms with Gasteiger partial charge in [-0.1, -0.05) is 60.2 Å². The molecule has 1 unspecified atom stereocenters. The highest BCUT2D eigenvalue weighted by molar-refractivity contribution is 6.01. The van der Waals surface area contributed by atoms with Crippen LogP contribution in [0.2, 0.25) is 0 Å². The molecule has 0 saturated carbocycles. The van der Waals surface area contributed by atoms with E-state index >= 15 is 0 Å². The van der Waals surface area contributed by atoms with Crippen LogP contribution in [0.3, 0.4) is 0 Å². The lowest BCUT2D eigenvalue weighted by molar-refractivity contribution is 0.0888. The Labute approximate surface area is 114 Å². The lowest BCUT2D eigenvalue weighted by Gasteiger charge is -2.15. The minimum Gasteiger partial charge on any atom is -0.384 e. The highest BCUT2D eigenvalue weighted by atomic mass is 16.5. The summed E-state index contributed by atoms with van der Waals surface area (Å²) >= 11 is 0. The van der Waals surface area contributed by atoms with Crippen LogP contribution in [0.1, 0.15) is 27.4 Å². The number of ketones is 1.